The second-order valence-electron chi connectivity index (χ2n) is 14.7. The normalized spacial score (nSPS) is 46.5. The first-order valence-electron chi connectivity index (χ1n) is 14.6. The Morgan fingerprint density at radius 2 is 1.72 bits per heavy atom. The SMILES string of the molecule is CC(=O)O[C@H]1CC[C@]2(C)C3=C(CC[C@H]2C1(C)C)[C@]1(C)CC[C@H]([C@H]2CC[C@H](C(C)(C)O)OC2)C1C[C@H]3O. The highest BCUT2D eigenvalue weighted by atomic mass is 16.5. The van der Waals surface area contributed by atoms with Gasteiger partial charge in [0.2, 0.25) is 0 Å². The summed E-state index contributed by atoms with van der Waals surface area (Å²) < 4.78 is 12.0. The van der Waals surface area contributed by atoms with Gasteiger partial charge in [-0.05, 0) is 112 Å². The van der Waals surface area contributed by atoms with Gasteiger partial charge in [0.05, 0.1) is 24.4 Å². The minimum Gasteiger partial charge on any atom is -0.462 e. The van der Waals surface area contributed by atoms with Gasteiger partial charge in [-0.2, -0.15) is 0 Å². The summed E-state index contributed by atoms with van der Waals surface area (Å²) in [5.74, 6) is 1.83. The van der Waals surface area contributed by atoms with Gasteiger partial charge in [-0.15, -0.1) is 0 Å². The summed E-state index contributed by atoms with van der Waals surface area (Å²) in [5, 5.41) is 22.2. The maximum Gasteiger partial charge on any atom is 0.302 e. The highest BCUT2D eigenvalue weighted by Crippen LogP contribution is 2.68. The third kappa shape index (κ3) is 4.02. The van der Waals surface area contributed by atoms with Crippen LogP contribution in [0.25, 0.3) is 0 Å². The Bertz CT molecular complexity index is 906. The summed E-state index contributed by atoms with van der Waals surface area (Å²) in [4.78, 5) is 11.8. The first-order chi connectivity index (χ1) is 16.7. The molecule has 2 saturated carbocycles. The van der Waals surface area contributed by atoms with Crippen molar-refractivity contribution in [3.05, 3.63) is 11.1 Å². The van der Waals surface area contributed by atoms with Crippen LogP contribution in [0.5, 0.6) is 0 Å². The molecule has 5 heteroatoms. The zero-order chi connectivity index (χ0) is 26.3. The van der Waals surface area contributed by atoms with Crippen LogP contribution in [0, 0.1) is 39.9 Å². The van der Waals surface area contributed by atoms with Gasteiger partial charge >= 0.3 is 5.97 Å². The fourth-order valence-corrected chi connectivity index (χ4v) is 10.1. The average Bonchev–Trinajstić information content (AvgIpc) is 3.12. The van der Waals surface area contributed by atoms with Crippen molar-refractivity contribution in [3.63, 3.8) is 0 Å². The smallest absolute Gasteiger partial charge is 0.302 e. The lowest BCUT2D eigenvalue weighted by Gasteiger charge is -2.61. The molecule has 1 unspecified atom stereocenters. The molecule has 1 saturated heterocycles. The number of aliphatic hydroxyl groups excluding tert-OH is 1. The van der Waals surface area contributed by atoms with Gasteiger partial charge in [-0.1, -0.05) is 33.3 Å². The molecular formula is C31H50O5. The van der Waals surface area contributed by atoms with E-state index in [0.29, 0.717) is 23.7 Å². The summed E-state index contributed by atoms with van der Waals surface area (Å²) in [6, 6.07) is 0. The molecule has 2 N–H and O–H groups in total. The van der Waals surface area contributed by atoms with E-state index in [1.807, 2.05) is 13.8 Å². The Labute approximate surface area is 218 Å². The van der Waals surface area contributed by atoms with Crippen molar-refractivity contribution in [2.75, 3.05) is 6.61 Å². The lowest BCUT2D eigenvalue weighted by molar-refractivity contribution is -0.168. The van der Waals surface area contributed by atoms with Crippen LogP contribution in [-0.2, 0) is 14.3 Å². The van der Waals surface area contributed by atoms with Gasteiger partial charge in [0.25, 0.3) is 0 Å². The molecule has 4 aliphatic carbocycles. The van der Waals surface area contributed by atoms with Crippen molar-refractivity contribution >= 4 is 5.97 Å². The van der Waals surface area contributed by atoms with E-state index in [9.17, 15) is 15.0 Å². The zero-order valence-electron chi connectivity index (χ0n) is 23.7. The van der Waals surface area contributed by atoms with E-state index in [1.165, 1.54) is 25.3 Å². The number of ether oxygens (including phenoxy) is 2. The molecule has 1 aliphatic heterocycles. The molecule has 0 spiro atoms. The molecular weight excluding hydrogens is 452 g/mol. The number of hydrogen-bond acceptors (Lipinski definition) is 5. The maximum absolute atomic E-state index is 11.8. The molecule has 0 aromatic rings. The van der Waals surface area contributed by atoms with E-state index < -0.39 is 5.60 Å². The number of aliphatic hydroxyl groups is 2. The molecule has 0 amide bonds. The van der Waals surface area contributed by atoms with Crippen LogP contribution in [0.1, 0.15) is 106 Å². The molecule has 204 valence electrons. The molecule has 5 nitrogen and oxygen atoms in total. The largest absolute Gasteiger partial charge is 0.462 e. The summed E-state index contributed by atoms with van der Waals surface area (Å²) in [7, 11) is 0. The van der Waals surface area contributed by atoms with Crippen molar-refractivity contribution in [1.82, 2.24) is 0 Å². The maximum atomic E-state index is 11.8. The predicted molar refractivity (Wildman–Crippen MR) is 140 cm³/mol. The molecule has 1 heterocycles. The molecule has 36 heavy (non-hydrogen) atoms. The standard InChI is InChI=1S/C31H50O5/c1-18(32)36-25-13-15-31(7)24(28(25,2)3)10-9-21-27(31)23(33)16-22-20(12-14-30(21,22)6)19-8-11-26(35-17-19)29(4,5)34/h19-20,22-26,33-34H,8-17H2,1-7H3/t19-,20+,22?,23+,24-,25-,26+,30-,31-/m0/s1. The number of rotatable bonds is 3. The average molecular weight is 503 g/mol. The quantitative estimate of drug-likeness (QED) is 0.376. The first-order valence-corrected chi connectivity index (χ1v) is 14.6. The van der Waals surface area contributed by atoms with Crippen molar-refractivity contribution in [2.24, 2.45) is 39.9 Å². The van der Waals surface area contributed by atoms with E-state index in [-0.39, 0.29) is 40.5 Å². The lowest BCUT2D eigenvalue weighted by Crippen LogP contribution is -2.57. The fourth-order valence-electron chi connectivity index (χ4n) is 10.1. The van der Waals surface area contributed by atoms with E-state index in [0.717, 1.165) is 51.6 Å². The highest BCUT2D eigenvalue weighted by molar-refractivity contribution is 5.66. The Kier molecular flexibility index (Phi) is 6.53. The lowest BCUT2D eigenvalue weighted by atomic mass is 9.45. The van der Waals surface area contributed by atoms with Crippen LogP contribution in [-0.4, -0.2) is 46.7 Å². The van der Waals surface area contributed by atoms with E-state index in [4.69, 9.17) is 9.47 Å². The third-order valence-electron chi connectivity index (χ3n) is 11.9. The summed E-state index contributed by atoms with van der Waals surface area (Å²) in [6.07, 6.45) is 8.84. The van der Waals surface area contributed by atoms with Crippen LogP contribution in [0.4, 0.5) is 0 Å². The molecule has 5 rings (SSSR count). The van der Waals surface area contributed by atoms with Crippen molar-refractivity contribution in [1.29, 1.82) is 0 Å². The molecule has 0 aromatic carbocycles. The van der Waals surface area contributed by atoms with Crippen molar-refractivity contribution < 1.29 is 24.5 Å². The second kappa shape index (κ2) is 8.81. The molecule has 0 radical (unpaired) electrons. The zero-order valence-corrected chi connectivity index (χ0v) is 23.7. The van der Waals surface area contributed by atoms with E-state index >= 15 is 0 Å². The number of fused-ring (bicyclic) bond motifs is 4. The Balaban J connectivity index is 1.41. The van der Waals surface area contributed by atoms with Gasteiger partial charge in [-0.3, -0.25) is 4.79 Å². The minimum absolute atomic E-state index is 0.0346. The van der Waals surface area contributed by atoms with Gasteiger partial charge < -0.3 is 19.7 Å². The number of carbonyl (C=O) groups excluding carboxylic acids is 1. The van der Waals surface area contributed by atoms with Crippen LogP contribution >= 0.6 is 0 Å². The van der Waals surface area contributed by atoms with Crippen molar-refractivity contribution in [3.8, 4) is 0 Å². The van der Waals surface area contributed by atoms with E-state index in [2.05, 4.69) is 27.7 Å². The fraction of sp³-hybridized carbons (Fsp3) is 0.903. The van der Waals surface area contributed by atoms with Gasteiger partial charge in [0, 0.05) is 12.3 Å². The summed E-state index contributed by atoms with van der Waals surface area (Å²) in [5.41, 5.74) is 2.16. The van der Waals surface area contributed by atoms with E-state index in [1.54, 1.807) is 5.57 Å². The molecule has 0 aromatic heterocycles. The molecule has 5 aliphatic rings. The Hall–Kier alpha value is -0.910. The van der Waals surface area contributed by atoms with Crippen LogP contribution in [0.15, 0.2) is 11.1 Å². The predicted octanol–water partition coefficient (Wildman–Crippen LogP) is 5.81. The Morgan fingerprint density at radius 1 is 1.03 bits per heavy atom. The molecule has 0 bridgehead atoms. The molecule has 3 fully saturated rings. The van der Waals surface area contributed by atoms with Gasteiger partial charge in [0.15, 0.2) is 0 Å². The number of hydrogen-bond donors (Lipinski definition) is 2. The second-order valence-corrected chi connectivity index (χ2v) is 14.7. The minimum atomic E-state index is -0.785. The highest BCUT2D eigenvalue weighted by Gasteiger charge is 2.62. The number of carbonyl (C=O) groups is 1. The number of allylic oxidation sites excluding steroid dienone is 1. The summed E-state index contributed by atoms with van der Waals surface area (Å²) in [6.45, 7) is 15.4. The topological polar surface area (TPSA) is 76.0 Å². The molecule has 9 atom stereocenters. The van der Waals surface area contributed by atoms with Crippen LogP contribution in [0.3, 0.4) is 0 Å². The summed E-state index contributed by atoms with van der Waals surface area (Å²) >= 11 is 0. The van der Waals surface area contributed by atoms with Crippen molar-refractivity contribution in [2.45, 2.75) is 130 Å². The Morgan fingerprint density at radius 3 is 2.33 bits per heavy atom. The third-order valence-corrected chi connectivity index (χ3v) is 11.9. The monoisotopic (exact) mass is 502 g/mol. The van der Waals surface area contributed by atoms with Gasteiger partial charge in [0.1, 0.15) is 6.10 Å². The van der Waals surface area contributed by atoms with Gasteiger partial charge in [-0.25, -0.2) is 0 Å². The van der Waals surface area contributed by atoms with Crippen LogP contribution in [0.2, 0.25) is 0 Å². The van der Waals surface area contributed by atoms with Crippen LogP contribution < -0.4 is 0 Å². The number of esters is 1. The first kappa shape index (κ1) is 26.7.